The van der Waals surface area contributed by atoms with Crippen molar-refractivity contribution in [3.05, 3.63) is 78.2 Å². The lowest BCUT2D eigenvalue weighted by Crippen LogP contribution is -2.18. The highest BCUT2D eigenvalue weighted by Gasteiger charge is 2.11. The third kappa shape index (κ3) is 3.05. The predicted molar refractivity (Wildman–Crippen MR) is 95.3 cm³/mol. The zero-order valence-corrected chi connectivity index (χ0v) is 13.1. The summed E-state index contributed by atoms with van der Waals surface area (Å²) in [6.45, 7) is 0. The number of hydrogen-bond acceptors (Lipinski definition) is 4. The number of benzene rings is 2. The number of carbonyl (C=O) groups excluding carboxylic acids is 1. The molecule has 0 aliphatic carbocycles. The van der Waals surface area contributed by atoms with Gasteiger partial charge < -0.3 is 4.42 Å². The summed E-state index contributed by atoms with van der Waals surface area (Å²) in [6.07, 6.45) is 3.19. The first kappa shape index (κ1) is 14.9. The Morgan fingerprint density at radius 1 is 1.12 bits per heavy atom. The van der Waals surface area contributed by atoms with Crippen molar-refractivity contribution < 1.29 is 9.21 Å². The molecule has 0 bridgehead atoms. The third-order valence-electron chi connectivity index (χ3n) is 3.79. The van der Waals surface area contributed by atoms with Crippen LogP contribution in [0, 0.1) is 0 Å². The van der Waals surface area contributed by atoms with Crippen LogP contribution in [0.4, 0.5) is 0 Å². The van der Waals surface area contributed by atoms with Crippen LogP contribution in [-0.4, -0.2) is 22.3 Å². The fraction of sp³-hybridized carbons (Fsp3) is 0. The minimum atomic E-state index is -0.398. The number of aromatic amines is 1. The van der Waals surface area contributed by atoms with Gasteiger partial charge in [-0.25, -0.2) is 5.43 Å². The van der Waals surface area contributed by atoms with Crippen LogP contribution in [0.15, 0.2) is 76.4 Å². The number of amides is 1. The molecule has 0 aliphatic rings. The molecule has 0 saturated carbocycles. The van der Waals surface area contributed by atoms with Gasteiger partial charge in [-0.15, -0.1) is 0 Å². The average molecular weight is 330 g/mol. The highest BCUT2D eigenvalue weighted by atomic mass is 16.3. The molecule has 4 aromatic rings. The summed E-state index contributed by atoms with van der Waals surface area (Å²) in [5.74, 6) is 0.219. The molecule has 2 heterocycles. The van der Waals surface area contributed by atoms with Crippen molar-refractivity contribution in [3.8, 4) is 11.5 Å². The molecule has 2 N–H and O–H groups in total. The molecular formula is C19H14N4O2. The van der Waals surface area contributed by atoms with Crippen molar-refractivity contribution in [1.29, 1.82) is 0 Å². The quantitative estimate of drug-likeness (QED) is 0.443. The van der Waals surface area contributed by atoms with Crippen molar-refractivity contribution >= 4 is 22.9 Å². The van der Waals surface area contributed by atoms with Crippen LogP contribution in [0.2, 0.25) is 0 Å². The Morgan fingerprint density at radius 2 is 2.00 bits per heavy atom. The first-order valence-corrected chi connectivity index (χ1v) is 7.72. The van der Waals surface area contributed by atoms with Gasteiger partial charge >= 0.3 is 0 Å². The molecule has 25 heavy (non-hydrogen) atoms. The second-order valence-corrected chi connectivity index (χ2v) is 5.41. The highest BCUT2D eigenvalue weighted by molar-refractivity contribution is 6.00. The number of fused-ring (bicyclic) bond motifs is 1. The van der Waals surface area contributed by atoms with E-state index in [0.29, 0.717) is 11.5 Å². The minimum absolute atomic E-state index is 0.237. The van der Waals surface area contributed by atoms with E-state index >= 15 is 0 Å². The molecule has 0 radical (unpaired) electrons. The Kier molecular flexibility index (Phi) is 3.84. The van der Waals surface area contributed by atoms with Gasteiger partial charge in [0.05, 0.1) is 12.5 Å². The summed E-state index contributed by atoms with van der Waals surface area (Å²) < 4.78 is 5.26. The monoisotopic (exact) mass is 330 g/mol. The van der Waals surface area contributed by atoms with Crippen LogP contribution in [-0.2, 0) is 0 Å². The van der Waals surface area contributed by atoms with Crippen molar-refractivity contribution in [1.82, 2.24) is 15.6 Å². The van der Waals surface area contributed by atoms with Gasteiger partial charge in [0.25, 0.3) is 5.91 Å². The fourth-order valence-corrected chi connectivity index (χ4v) is 2.58. The van der Waals surface area contributed by atoms with Gasteiger partial charge in [-0.2, -0.15) is 10.2 Å². The van der Waals surface area contributed by atoms with E-state index in [-0.39, 0.29) is 5.69 Å². The lowest BCUT2D eigenvalue weighted by atomic mass is 10.1. The number of nitrogens with zero attached hydrogens (tertiary/aromatic N) is 2. The van der Waals surface area contributed by atoms with Crippen LogP contribution >= 0.6 is 0 Å². The Labute approximate surface area is 143 Å². The first-order chi connectivity index (χ1) is 12.3. The molecule has 0 unspecified atom stereocenters. The normalized spacial score (nSPS) is 11.2. The van der Waals surface area contributed by atoms with Gasteiger partial charge in [0.1, 0.15) is 5.69 Å². The third-order valence-corrected chi connectivity index (χ3v) is 3.79. The van der Waals surface area contributed by atoms with Crippen molar-refractivity contribution in [2.75, 3.05) is 0 Å². The van der Waals surface area contributed by atoms with E-state index in [9.17, 15) is 4.79 Å². The van der Waals surface area contributed by atoms with E-state index in [4.69, 9.17) is 4.42 Å². The van der Waals surface area contributed by atoms with Gasteiger partial charge in [-0.3, -0.25) is 9.89 Å². The van der Waals surface area contributed by atoms with Gasteiger partial charge in [0.15, 0.2) is 11.5 Å². The number of hydrazone groups is 1. The number of hydrogen-bond donors (Lipinski definition) is 2. The number of rotatable bonds is 4. The van der Waals surface area contributed by atoms with E-state index in [1.54, 1.807) is 30.7 Å². The summed E-state index contributed by atoms with van der Waals surface area (Å²) in [6, 6.07) is 19.1. The largest absolute Gasteiger partial charge is 0.463 e. The van der Waals surface area contributed by atoms with Crippen molar-refractivity contribution in [2.24, 2.45) is 5.10 Å². The Bertz CT molecular complexity index is 1040. The predicted octanol–water partition coefficient (Wildman–Crippen LogP) is 3.59. The summed E-state index contributed by atoms with van der Waals surface area (Å²) >= 11 is 0. The van der Waals surface area contributed by atoms with Gasteiger partial charge in [-0.1, -0.05) is 42.5 Å². The molecule has 0 atom stereocenters. The standard InChI is InChI=1S/C19H14N4O2/c24-19(17-11-16(21-22-17)18-9-4-10-25-18)23-20-12-14-7-3-6-13-5-1-2-8-15(13)14/h1-12H,(H,21,22)(H,23,24). The molecule has 6 heteroatoms. The molecule has 0 saturated heterocycles. The Hall–Kier alpha value is -3.67. The van der Waals surface area contributed by atoms with Crippen LogP contribution in [0.5, 0.6) is 0 Å². The molecule has 6 nitrogen and oxygen atoms in total. The minimum Gasteiger partial charge on any atom is -0.463 e. The Balaban J connectivity index is 1.49. The van der Waals surface area contributed by atoms with Crippen molar-refractivity contribution in [3.63, 3.8) is 0 Å². The zero-order chi connectivity index (χ0) is 17.1. The SMILES string of the molecule is O=C(NN=Cc1cccc2ccccc12)c1cc(-c2ccco2)[nH]n1. The maximum absolute atomic E-state index is 12.1. The molecule has 1 amide bonds. The second kappa shape index (κ2) is 6.45. The second-order valence-electron chi connectivity index (χ2n) is 5.41. The van der Waals surface area contributed by atoms with Crippen LogP contribution in [0.25, 0.3) is 22.2 Å². The lowest BCUT2D eigenvalue weighted by Gasteiger charge is -2.01. The van der Waals surface area contributed by atoms with E-state index in [1.165, 1.54) is 0 Å². The molecule has 122 valence electrons. The molecular weight excluding hydrogens is 316 g/mol. The number of carbonyl (C=O) groups is 1. The summed E-state index contributed by atoms with van der Waals surface area (Å²) in [4.78, 5) is 12.1. The summed E-state index contributed by atoms with van der Waals surface area (Å²) in [5, 5.41) is 13.0. The summed E-state index contributed by atoms with van der Waals surface area (Å²) in [7, 11) is 0. The highest BCUT2D eigenvalue weighted by Crippen LogP contribution is 2.18. The number of nitrogens with one attached hydrogen (secondary N) is 2. The summed E-state index contributed by atoms with van der Waals surface area (Å²) in [5.41, 5.74) is 4.29. The average Bonchev–Trinajstić information content (AvgIpc) is 3.33. The van der Waals surface area contributed by atoms with Crippen LogP contribution in [0.1, 0.15) is 16.1 Å². The maximum atomic E-state index is 12.1. The molecule has 0 spiro atoms. The molecule has 4 rings (SSSR count). The van der Waals surface area contributed by atoms with Crippen molar-refractivity contribution in [2.45, 2.75) is 0 Å². The van der Waals surface area contributed by atoms with E-state index in [1.807, 2.05) is 42.5 Å². The van der Waals surface area contributed by atoms with Gasteiger partial charge in [-0.05, 0) is 22.9 Å². The van der Waals surface area contributed by atoms with E-state index < -0.39 is 5.91 Å². The molecule has 2 aromatic heterocycles. The van der Waals surface area contributed by atoms with Gasteiger partial charge in [0, 0.05) is 11.6 Å². The lowest BCUT2D eigenvalue weighted by molar-refractivity contribution is 0.0950. The molecule has 0 fully saturated rings. The van der Waals surface area contributed by atoms with E-state index in [2.05, 4.69) is 20.7 Å². The fourth-order valence-electron chi connectivity index (χ4n) is 2.58. The molecule has 0 aliphatic heterocycles. The smallest absolute Gasteiger partial charge is 0.291 e. The van der Waals surface area contributed by atoms with Gasteiger partial charge in [0.2, 0.25) is 0 Å². The maximum Gasteiger partial charge on any atom is 0.291 e. The topological polar surface area (TPSA) is 83.3 Å². The van der Waals surface area contributed by atoms with Crippen LogP contribution in [0.3, 0.4) is 0 Å². The van der Waals surface area contributed by atoms with Crippen LogP contribution < -0.4 is 5.43 Å². The zero-order valence-electron chi connectivity index (χ0n) is 13.1. The number of aromatic nitrogens is 2. The number of furan rings is 1. The van der Waals surface area contributed by atoms with E-state index in [0.717, 1.165) is 16.3 Å². The molecule has 2 aromatic carbocycles. The first-order valence-electron chi connectivity index (χ1n) is 7.72. The number of H-pyrrole nitrogens is 1. The Morgan fingerprint density at radius 3 is 2.88 bits per heavy atom.